The number of hydrogen-bond acceptors (Lipinski definition) is 5. The van der Waals surface area contributed by atoms with Crippen LogP contribution >= 0.6 is 0 Å². The van der Waals surface area contributed by atoms with E-state index in [0.717, 1.165) is 29.8 Å². The molecule has 1 aliphatic rings. The molecule has 8 nitrogen and oxygen atoms in total. The molecule has 0 atom stereocenters. The molecule has 0 radical (unpaired) electrons. The highest BCUT2D eigenvalue weighted by Crippen LogP contribution is 2.22. The first-order valence-electron chi connectivity index (χ1n) is 11.3. The van der Waals surface area contributed by atoms with E-state index in [1.807, 2.05) is 53.4 Å². The summed E-state index contributed by atoms with van der Waals surface area (Å²) in [5, 5.41) is 14.8. The summed E-state index contributed by atoms with van der Waals surface area (Å²) in [5.41, 5.74) is 3.22. The van der Waals surface area contributed by atoms with Crippen LogP contribution in [-0.2, 0) is 20.9 Å². The van der Waals surface area contributed by atoms with Gasteiger partial charge in [0.2, 0.25) is 0 Å². The number of piperazine rings is 1. The number of carbonyl (C=O) groups excluding carboxylic acids is 1. The third kappa shape index (κ3) is 8.21. The van der Waals surface area contributed by atoms with Crippen LogP contribution < -0.4 is 4.74 Å². The molecule has 1 saturated heterocycles. The number of carbonyl (C=O) groups is 3. The molecular formula is C27H27FN2O6. The first-order chi connectivity index (χ1) is 17.3. The molecule has 0 aliphatic carbocycles. The van der Waals surface area contributed by atoms with Crippen molar-refractivity contribution in [2.75, 3.05) is 32.8 Å². The monoisotopic (exact) mass is 494 g/mol. The SMILES string of the molecule is O=C(COc1ccc(-c2ccccc2)cc1)N1CCN(Cc2cccc(F)c2)CC1.O=C(O)C(=O)O. The van der Waals surface area contributed by atoms with Crippen molar-refractivity contribution >= 4 is 17.8 Å². The fraction of sp³-hybridized carbons (Fsp3) is 0.222. The summed E-state index contributed by atoms with van der Waals surface area (Å²) in [7, 11) is 0. The van der Waals surface area contributed by atoms with Gasteiger partial charge < -0.3 is 19.8 Å². The Bertz CT molecular complexity index is 1150. The Morgan fingerprint density at radius 3 is 1.97 bits per heavy atom. The molecular weight excluding hydrogens is 467 g/mol. The van der Waals surface area contributed by atoms with E-state index in [4.69, 9.17) is 24.5 Å². The Morgan fingerprint density at radius 2 is 1.39 bits per heavy atom. The molecule has 9 heteroatoms. The fourth-order valence-corrected chi connectivity index (χ4v) is 3.66. The van der Waals surface area contributed by atoms with Crippen molar-refractivity contribution in [3.8, 4) is 16.9 Å². The van der Waals surface area contributed by atoms with Crippen molar-refractivity contribution < 1.29 is 33.7 Å². The summed E-state index contributed by atoms with van der Waals surface area (Å²) in [6.07, 6.45) is 0. The van der Waals surface area contributed by atoms with Crippen LogP contribution in [0.25, 0.3) is 11.1 Å². The Kier molecular flexibility index (Phi) is 9.53. The second-order valence-electron chi connectivity index (χ2n) is 8.08. The zero-order chi connectivity index (χ0) is 25.9. The van der Waals surface area contributed by atoms with Crippen LogP contribution in [-0.4, -0.2) is 70.6 Å². The van der Waals surface area contributed by atoms with Crippen LogP contribution in [0.1, 0.15) is 5.56 Å². The third-order valence-corrected chi connectivity index (χ3v) is 5.53. The molecule has 0 aromatic heterocycles. The van der Waals surface area contributed by atoms with Crippen molar-refractivity contribution in [2.24, 2.45) is 0 Å². The molecule has 1 fully saturated rings. The third-order valence-electron chi connectivity index (χ3n) is 5.53. The van der Waals surface area contributed by atoms with E-state index < -0.39 is 11.9 Å². The number of nitrogens with zero attached hydrogens (tertiary/aromatic N) is 2. The van der Waals surface area contributed by atoms with Gasteiger partial charge >= 0.3 is 11.9 Å². The number of carboxylic acid groups (broad SMARTS) is 2. The molecule has 1 amide bonds. The van der Waals surface area contributed by atoms with Gasteiger partial charge in [0.1, 0.15) is 11.6 Å². The van der Waals surface area contributed by atoms with Crippen LogP contribution in [0.4, 0.5) is 4.39 Å². The minimum atomic E-state index is -1.82. The zero-order valence-corrected chi connectivity index (χ0v) is 19.5. The fourth-order valence-electron chi connectivity index (χ4n) is 3.66. The molecule has 188 valence electrons. The summed E-state index contributed by atoms with van der Waals surface area (Å²) in [6, 6.07) is 24.6. The van der Waals surface area contributed by atoms with E-state index in [2.05, 4.69) is 17.0 Å². The molecule has 1 aliphatic heterocycles. The van der Waals surface area contributed by atoms with Gasteiger partial charge in [-0.15, -0.1) is 0 Å². The van der Waals surface area contributed by atoms with Crippen LogP contribution in [0.15, 0.2) is 78.9 Å². The molecule has 0 unspecified atom stereocenters. The number of carboxylic acids is 2. The number of aliphatic carboxylic acids is 2. The highest BCUT2D eigenvalue weighted by Gasteiger charge is 2.21. The Morgan fingerprint density at radius 1 is 0.778 bits per heavy atom. The second-order valence-corrected chi connectivity index (χ2v) is 8.08. The van der Waals surface area contributed by atoms with Crippen LogP contribution in [0.2, 0.25) is 0 Å². The lowest BCUT2D eigenvalue weighted by Crippen LogP contribution is -2.49. The number of hydrogen-bond donors (Lipinski definition) is 2. The molecule has 2 N–H and O–H groups in total. The normalized spacial score (nSPS) is 13.3. The standard InChI is InChI=1S/C25H25FN2O2.C2H2O4/c26-23-8-4-5-20(17-23)18-27-13-15-28(16-14-27)25(29)19-30-24-11-9-22(10-12-24)21-6-2-1-3-7-21;3-1(4)2(5)6/h1-12,17H,13-16,18-19H2;(H,3,4)(H,5,6). The van der Waals surface area contributed by atoms with Gasteiger partial charge in [0.15, 0.2) is 6.61 Å². The Labute approximate surface area is 208 Å². The van der Waals surface area contributed by atoms with Crippen molar-refractivity contribution in [1.29, 1.82) is 0 Å². The van der Waals surface area contributed by atoms with Gasteiger partial charge in [-0.05, 0) is 41.0 Å². The van der Waals surface area contributed by atoms with E-state index in [1.54, 1.807) is 12.1 Å². The lowest BCUT2D eigenvalue weighted by molar-refractivity contribution is -0.159. The molecule has 36 heavy (non-hydrogen) atoms. The summed E-state index contributed by atoms with van der Waals surface area (Å²) in [5.74, 6) is -3.18. The highest BCUT2D eigenvalue weighted by atomic mass is 19.1. The maximum absolute atomic E-state index is 13.3. The lowest BCUT2D eigenvalue weighted by Gasteiger charge is -2.34. The first-order valence-corrected chi connectivity index (χ1v) is 11.3. The van der Waals surface area contributed by atoms with Gasteiger partial charge in [-0.3, -0.25) is 9.69 Å². The van der Waals surface area contributed by atoms with Crippen LogP contribution in [0.3, 0.4) is 0 Å². The van der Waals surface area contributed by atoms with E-state index in [9.17, 15) is 9.18 Å². The minimum absolute atomic E-state index is 0.00691. The average Bonchev–Trinajstić information content (AvgIpc) is 2.89. The van der Waals surface area contributed by atoms with Crippen molar-refractivity contribution in [1.82, 2.24) is 9.80 Å². The summed E-state index contributed by atoms with van der Waals surface area (Å²) < 4.78 is 19.0. The number of ether oxygens (including phenoxy) is 1. The zero-order valence-electron chi connectivity index (χ0n) is 19.5. The van der Waals surface area contributed by atoms with Gasteiger partial charge in [0.05, 0.1) is 0 Å². The minimum Gasteiger partial charge on any atom is -0.484 e. The van der Waals surface area contributed by atoms with Gasteiger partial charge in [-0.25, -0.2) is 14.0 Å². The smallest absolute Gasteiger partial charge is 0.414 e. The predicted octanol–water partition coefficient (Wildman–Crippen LogP) is 3.37. The average molecular weight is 495 g/mol. The highest BCUT2D eigenvalue weighted by molar-refractivity contribution is 6.27. The van der Waals surface area contributed by atoms with Gasteiger partial charge in [-0.1, -0.05) is 54.6 Å². The van der Waals surface area contributed by atoms with E-state index in [1.165, 1.54) is 6.07 Å². The van der Waals surface area contributed by atoms with Gasteiger partial charge in [0, 0.05) is 32.7 Å². The number of benzene rings is 3. The Balaban J connectivity index is 0.000000538. The van der Waals surface area contributed by atoms with Crippen molar-refractivity contribution in [2.45, 2.75) is 6.54 Å². The maximum atomic E-state index is 13.3. The van der Waals surface area contributed by atoms with E-state index in [0.29, 0.717) is 25.4 Å². The quantitative estimate of drug-likeness (QED) is 0.506. The van der Waals surface area contributed by atoms with Crippen molar-refractivity contribution in [3.05, 3.63) is 90.2 Å². The lowest BCUT2D eigenvalue weighted by atomic mass is 10.1. The molecule has 0 saturated carbocycles. The predicted molar refractivity (Wildman–Crippen MR) is 131 cm³/mol. The first kappa shape index (κ1) is 26.4. The van der Waals surface area contributed by atoms with Gasteiger partial charge in [-0.2, -0.15) is 0 Å². The number of rotatable bonds is 6. The molecule has 3 aromatic carbocycles. The Hall–Kier alpha value is -4.24. The van der Waals surface area contributed by atoms with Crippen molar-refractivity contribution in [3.63, 3.8) is 0 Å². The van der Waals surface area contributed by atoms with Crippen LogP contribution in [0.5, 0.6) is 5.75 Å². The number of amides is 1. The second kappa shape index (κ2) is 13.0. The number of halogens is 1. The largest absolute Gasteiger partial charge is 0.484 e. The maximum Gasteiger partial charge on any atom is 0.414 e. The molecule has 4 rings (SSSR count). The summed E-state index contributed by atoms with van der Waals surface area (Å²) >= 11 is 0. The molecule has 0 spiro atoms. The summed E-state index contributed by atoms with van der Waals surface area (Å²) in [4.78, 5) is 34.8. The van der Waals surface area contributed by atoms with E-state index >= 15 is 0 Å². The molecule has 3 aromatic rings. The molecule has 0 bridgehead atoms. The summed E-state index contributed by atoms with van der Waals surface area (Å²) in [6.45, 7) is 3.59. The topological polar surface area (TPSA) is 107 Å². The van der Waals surface area contributed by atoms with E-state index in [-0.39, 0.29) is 18.3 Å². The van der Waals surface area contributed by atoms with Gasteiger partial charge in [0.25, 0.3) is 5.91 Å². The van der Waals surface area contributed by atoms with Crippen LogP contribution in [0, 0.1) is 5.82 Å². The molecule has 1 heterocycles.